The summed E-state index contributed by atoms with van der Waals surface area (Å²) in [7, 11) is -4.21. The number of nitrogens with one attached hydrogen (secondary N) is 1. The zero-order valence-corrected chi connectivity index (χ0v) is 17.5. The molecule has 2 aromatic carbocycles. The van der Waals surface area contributed by atoms with Gasteiger partial charge in [-0.3, -0.25) is 9.98 Å². The molecule has 6 nitrogen and oxygen atoms in total. The van der Waals surface area contributed by atoms with Gasteiger partial charge in [-0.2, -0.15) is 13.5 Å². The molecule has 0 atom stereocenters. The predicted molar refractivity (Wildman–Crippen MR) is 115 cm³/mol. The van der Waals surface area contributed by atoms with Crippen molar-refractivity contribution >= 4 is 22.0 Å². The smallest absolute Gasteiger partial charge is 0.294 e. The van der Waals surface area contributed by atoms with Crippen molar-refractivity contribution in [3.05, 3.63) is 53.6 Å². The molecule has 6 rings (SSSR count). The first-order valence-corrected chi connectivity index (χ1v) is 11.9. The molecule has 0 unspecified atom stereocenters. The molecular weight excluding hydrogens is 400 g/mol. The highest BCUT2D eigenvalue weighted by Gasteiger charge is 2.51. The van der Waals surface area contributed by atoms with Gasteiger partial charge >= 0.3 is 0 Å². The predicted octanol–water partition coefficient (Wildman–Crippen LogP) is 4.55. The summed E-state index contributed by atoms with van der Waals surface area (Å²) in [5.41, 5.74) is 5.66. The first kappa shape index (κ1) is 19.6. The molecule has 0 aromatic heterocycles. The number of hydrogen-bond donors (Lipinski definition) is 3. The van der Waals surface area contributed by atoms with Crippen LogP contribution in [0.25, 0.3) is 0 Å². The molecule has 4 aliphatic carbocycles. The van der Waals surface area contributed by atoms with Gasteiger partial charge in [-0.15, -0.1) is 0 Å². The Morgan fingerprint density at radius 2 is 1.57 bits per heavy atom. The standard InChI is InChI=1S/C23H26N2O4S/c26-22-6-1-19(23-11-15-7-16(12-23)9-17(8-15)13-23)10-18(22)14-24-25-20-2-4-21(5-3-20)30(27,28)29/h1-6,10,14-17,25-26H,7-9,11-13H2,(H,27,28,29). The van der Waals surface area contributed by atoms with Crippen LogP contribution in [0.4, 0.5) is 5.69 Å². The highest BCUT2D eigenvalue weighted by atomic mass is 32.2. The van der Waals surface area contributed by atoms with Crippen molar-refractivity contribution in [3.8, 4) is 5.75 Å². The molecule has 4 bridgehead atoms. The van der Waals surface area contributed by atoms with Crippen LogP contribution in [0.1, 0.15) is 49.7 Å². The summed E-state index contributed by atoms with van der Waals surface area (Å²) in [5, 5.41) is 14.5. The molecule has 0 heterocycles. The monoisotopic (exact) mass is 426 g/mol. The molecule has 0 saturated heterocycles. The van der Waals surface area contributed by atoms with Crippen molar-refractivity contribution in [1.82, 2.24) is 0 Å². The van der Waals surface area contributed by atoms with Gasteiger partial charge in [-0.05, 0) is 104 Å². The van der Waals surface area contributed by atoms with Crippen LogP contribution in [0.3, 0.4) is 0 Å². The van der Waals surface area contributed by atoms with Crippen LogP contribution in [-0.4, -0.2) is 24.3 Å². The zero-order chi connectivity index (χ0) is 20.9. The Labute approximate surface area is 176 Å². The van der Waals surface area contributed by atoms with Gasteiger partial charge in [0.2, 0.25) is 0 Å². The van der Waals surface area contributed by atoms with Crippen LogP contribution >= 0.6 is 0 Å². The van der Waals surface area contributed by atoms with Crippen molar-refractivity contribution in [1.29, 1.82) is 0 Å². The van der Waals surface area contributed by atoms with E-state index in [0.717, 1.165) is 17.8 Å². The number of aromatic hydroxyl groups is 1. The van der Waals surface area contributed by atoms with Crippen LogP contribution in [-0.2, 0) is 15.5 Å². The van der Waals surface area contributed by atoms with Gasteiger partial charge in [0.05, 0.1) is 16.8 Å². The van der Waals surface area contributed by atoms with Gasteiger partial charge in [0.25, 0.3) is 10.1 Å². The Balaban J connectivity index is 1.34. The lowest BCUT2D eigenvalue weighted by Crippen LogP contribution is -2.48. The quantitative estimate of drug-likeness (QED) is 0.370. The molecule has 0 aliphatic heterocycles. The molecule has 0 amide bonds. The minimum atomic E-state index is -4.21. The van der Waals surface area contributed by atoms with E-state index in [-0.39, 0.29) is 16.1 Å². The van der Waals surface area contributed by atoms with Gasteiger partial charge in [0, 0.05) is 5.56 Å². The van der Waals surface area contributed by atoms with Crippen molar-refractivity contribution in [2.24, 2.45) is 22.9 Å². The Morgan fingerprint density at radius 3 is 2.13 bits per heavy atom. The number of hydrazone groups is 1. The number of rotatable bonds is 5. The molecule has 4 fully saturated rings. The second-order valence-corrected chi connectivity index (χ2v) is 10.8. The van der Waals surface area contributed by atoms with Gasteiger partial charge in [-0.1, -0.05) is 6.07 Å². The van der Waals surface area contributed by atoms with Gasteiger partial charge in [0.15, 0.2) is 0 Å². The summed E-state index contributed by atoms with van der Waals surface area (Å²) < 4.78 is 31.3. The molecule has 3 N–H and O–H groups in total. The maximum absolute atomic E-state index is 11.1. The fraction of sp³-hybridized carbons (Fsp3) is 0.435. The van der Waals surface area contributed by atoms with Crippen molar-refractivity contribution in [2.75, 3.05) is 5.43 Å². The lowest BCUT2D eigenvalue weighted by atomic mass is 9.48. The molecule has 0 radical (unpaired) electrons. The van der Waals surface area contributed by atoms with E-state index in [4.69, 9.17) is 4.55 Å². The first-order chi connectivity index (χ1) is 14.3. The third-order valence-electron chi connectivity index (χ3n) is 7.23. The largest absolute Gasteiger partial charge is 0.507 e. The highest BCUT2D eigenvalue weighted by molar-refractivity contribution is 7.85. The lowest BCUT2D eigenvalue weighted by Gasteiger charge is -2.57. The number of benzene rings is 2. The van der Waals surface area contributed by atoms with Crippen LogP contribution in [0.2, 0.25) is 0 Å². The third kappa shape index (κ3) is 3.61. The summed E-state index contributed by atoms with van der Waals surface area (Å²) in [6.07, 6.45) is 9.57. The van der Waals surface area contributed by atoms with E-state index in [9.17, 15) is 13.5 Å². The Kier molecular flexibility index (Phi) is 4.63. The normalized spacial score (nSPS) is 30.1. The van der Waals surface area contributed by atoms with Crippen LogP contribution in [0.15, 0.2) is 52.5 Å². The summed E-state index contributed by atoms with van der Waals surface area (Å²) in [6.45, 7) is 0. The Bertz CT molecular complexity index is 1060. The van der Waals surface area contributed by atoms with E-state index in [1.807, 2.05) is 0 Å². The Morgan fingerprint density at radius 1 is 0.967 bits per heavy atom. The summed E-state index contributed by atoms with van der Waals surface area (Å²) >= 11 is 0. The van der Waals surface area contributed by atoms with E-state index in [1.165, 1.54) is 68.4 Å². The molecule has 0 spiro atoms. The van der Waals surface area contributed by atoms with Crippen molar-refractivity contribution < 1.29 is 18.1 Å². The average molecular weight is 427 g/mol. The van der Waals surface area contributed by atoms with E-state index in [1.54, 1.807) is 12.3 Å². The van der Waals surface area contributed by atoms with E-state index in [0.29, 0.717) is 11.3 Å². The molecule has 7 heteroatoms. The van der Waals surface area contributed by atoms with E-state index in [2.05, 4.69) is 22.7 Å². The summed E-state index contributed by atoms with van der Waals surface area (Å²) in [5.74, 6) is 2.76. The molecule has 158 valence electrons. The van der Waals surface area contributed by atoms with Crippen molar-refractivity contribution in [3.63, 3.8) is 0 Å². The van der Waals surface area contributed by atoms with Gasteiger partial charge in [-0.25, -0.2) is 0 Å². The molecule has 4 aliphatic rings. The molecule has 2 aromatic rings. The number of hydrogen-bond acceptors (Lipinski definition) is 5. The second-order valence-electron chi connectivity index (χ2n) is 9.34. The number of nitrogens with zero attached hydrogens (tertiary/aromatic N) is 1. The Hall–Kier alpha value is -2.38. The number of phenolic OH excluding ortho intramolecular Hbond substituents is 1. The van der Waals surface area contributed by atoms with Crippen molar-refractivity contribution in [2.45, 2.75) is 48.8 Å². The number of phenols is 1. The van der Waals surface area contributed by atoms with Crippen LogP contribution < -0.4 is 5.43 Å². The second kappa shape index (κ2) is 7.10. The lowest BCUT2D eigenvalue weighted by molar-refractivity contribution is -0.00520. The molecule has 30 heavy (non-hydrogen) atoms. The summed E-state index contributed by atoms with van der Waals surface area (Å²) in [6, 6.07) is 11.6. The fourth-order valence-corrected chi connectivity index (χ4v) is 6.81. The maximum Gasteiger partial charge on any atom is 0.294 e. The van der Waals surface area contributed by atoms with E-state index >= 15 is 0 Å². The number of anilines is 1. The highest BCUT2D eigenvalue weighted by Crippen LogP contribution is 2.60. The topological polar surface area (TPSA) is 99.0 Å². The van der Waals surface area contributed by atoms with Gasteiger partial charge in [0.1, 0.15) is 5.75 Å². The van der Waals surface area contributed by atoms with Gasteiger partial charge < -0.3 is 5.11 Å². The zero-order valence-electron chi connectivity index (χ0n) is 16.7. The van der Waals surface area contributed by atoms with Crippen LogP contribution in [0, 0.1) is 17.8 Å². The molecule has 4 saturated carbocycles. The molecular formula is C23H26N2O4S. The fourth-order valence-electron chi connectivity index (χ4n) is 6.33. The minimum Gasteiger partial charge on any atom is -0.507 e. The minimum absolute atomic E-state index is 0.169. The van der Waals surface area contributed by atoms with E-state index < -0.39 is 10.1 Å². The average Bonchev–Trinajstić information content (AvgIpc) is 2.68. The maximum atomic E-state index is 11.1. The SMILES string of the molecule is O=S(=O)(O)c1ccc(NN=Cc2cc(C34CC5CC(CC(C5)C3)C4)ccc2O)cc1. The third-order valence-corrected chi connectivity index (χ3v) is 8.10. The first-order valence-electron chi connectivity index (χ1n) is 10.5. The summed E-state index contributed by atoms with van der Waals surface area (Å²) in [4.78, 5) is -0.169. The van der Waals surface area contributed by atoms with Crippen LogP contribution in [0.5, 0.6) is 5.75 Å².